The Morgan fingerprint density at radius 3 is 2.39 bits per heavy atom. The quantitative estimate of drug-likeness (QED) is 0.267. The summed E-state index contributed by atoms with van der Waals surface area (Å²) >= 11 is 12.6. The zero-order valence-corrected chi connectivity index (χ0v) is 27.7. The molecule has 11 heteroatoms. The van der Waals surface area contributed by atoms with Crippen molar-refractivity contribution in [2.45, 2.75) is 37.3 Å². The molecule has 3 aromatic rings. The predicted molar refractivity (Wildman–Crippen MR) is 178 cm³/mol. The van der Waals surface area contributed by atoms with Crippen LogP contribution >= 0.6 is 23.2 Å². The van der Waals surface area contributed by atoms with Crippen LogP contribution < -0.4 is 9.80 Å². The molecular weight excluding hydrogens is 630 g/mol. The van der Waals surface area contributed by atoms with E-state index in [-0.39, 0.29) is 11.7 Å². The van der Waals surface area contributed by atoms with Crippen LogP contribution in [0.25, 0.3) is 0 Å². The van der Waals surface area contributed by atoms with Gasteiger partial charge in [0.15, 0.2) is 0 Å². The summed E-state index contributed by atoms with van der Waals surface area (Å²) in [6.45, 7) is 5.60. The molecular formula is C35H39Cl2FN4O4. The van der Waals surface area contributed by atoms with Gasteiger partial charge in [0, 0.05) is 70.9 Å². The molecule has 3 aromatic carbocycles. The monoisotopic (exact) mass is 668 g/mol. The van der Waals surface area contributed by atoms with E-state index in [1.54, 1.807) is 30.1 Å². The van der Waals surface area contributed by atoms with Gasteiger partial charge in [0.1, 0.15) is 11.4 Å². The Labute approximate surface area is 279 Å². The minimum absolute atomic E-state index is 0.00206. The Kier molecular flexibility index (Phi) is 9.75. The third kappa shape index (κ3) is 6.83. The number of amides is 2. The fourth-order valence-electron chi connectivity index (χ4n) is 6.79. The first-order chi connectivity index (χ1) is 22.1. The fourth-order valence-corrected chi connectivity index (χ4v) is 7.10. The highest BCUT2D eigenvalue weighted by Crippen LogP contribution is 2.45. The lowest BCUT2D eigenvalue weighted by atomic mass is 9.81. The number of likely N-dealkylation sites (tertiary alicyclic amines) is 1. The molecule has 0 radical (unpaired) electrons. The molecule has 0 aliphatic carbocycles. The first-order valence-corrected chi connectivity index (χ1v) is 16.5. The van der Waals surface area contributed by atoms with Crippen molar-refractivity contribution in [1.82, 2.24) is 9.80 Å². The van der Waals surface area contributed by atoms with Gasteiger partial charge in [-0.15, -0.1) is 0 Å². The number of likely N-dealkylation sites (N-methyl/N-ethyl adjacent to an activating group) is 1. The lowest BCUT2D eigenvalue weighted by molar-refractivity contribution is -0.132. The highest BCUT2D eigenvalue weighted by molar-refractivity contribution is 6.42. The zero-order valence-electron chi connectivity index (χ0n) is 26.2. The standard InChI is InChI=1S/C35H39Cl2FN4O4/c1-39(23-24-3-7-27(8-4-24)42-17-19-45-20-18-42)33(43)28(25-5-9-30(36)31(37)21-25)11-14-41-15-12-35(13-16-41)29-22-26(38)6-10-32(29)40(2)34(44)46-35/h3-10,21-22,28H,11-20,23H2,1-2H3. The second-order valence-electron chi connectivity index (χ2n) is 12.4. The number of carbonyl (C=O) groups excluding carboxylic acids is 2. The Hall–Kier alpha value is -3.37. The van der Waals surface area contributed by atoms with E-state index in [2.05, 4.69) is 34.1 Å². The predicted octanol–water partition coefficient (Wildman–Crippen LogP) is 6.68. The largest absolute Gasteiger partial charge is 0.437 e. The molecule has 2 amide bonds. The van der Waals surface area contributed by atoms with Gasteiger partial charge in [-0.05, 0) is 66.6 Å². The van der Waals surface area contributed by atoms with Crippen molar-refractivity contribution in [3.05, 3.63) is 93.2 Å². The lowest BCUT2D eigenvalue weighted by Crippen LogP contribution is -2.51. The van der Waals surface area contributed by atoms with Crippen LogP contribution in [0.3, 0.4) is 0 Å². The molecule has 0 bridgehead atoms. The van der Waals surface area contributed by atoms with Crippen molar-refractivity contribution in [3.8, 4) is 0 Å². The van der Waals surface area contributed by atoms with Crippen LogP contribution in [0.15, 0.2) is 60.7 Å². The Bertz CT molecular complexity index is 1580. The molecule has 1 spiro atoms. The van der Waals surface area contributed by atoms with Gasteiger partial charge >= 0.3 is 6.09 Å². The molecule has 1 unspecified atom stereocenters. The summed E-state index contributed by atoms with van der Waals surface area (Å²) in [4.78, 5) is 34.5. The topological polar surface area (TPSA) is 65.6 Å². The van der Waals surface area contributed by atoms with Crippen molar-refractivity contribution in [1.29, 1.82) is 0 Å². The molecule has 244 valence electrons. The maximum absolute atomic E-state index is 14.3. The average Bonchev–Trinajstić information content (AvgIpc) is 3.07. The summed E-state index contributed by atoms with van der Waals surface area (Å²) in [5.74, 6) is -0.788. The number of nitrogens with zero attached hydrogens (tertiary/aromatic N) is 4. The number of piperidine rings is 1. The van der Waals surface area contributed by atoms with E-state index < -0.39 is 17.6 Å². The number of fused-ring (bicyclic) bond motifs is 2. The molecule has 3 aliphatic rings. The van der Waals surface area contributed by atoms with Gasteiger partial charge in [-0.25, -0.2) is 9.18 Å². The molecule has 3 aliphatic heterocycles. The SMILES string of the molecule is CN(Cc1ccc(N2CCOCC2)cc1)C(=O)C(CCN1CCC2(CC1)OC(=O)N(C)c1ccc(F)cc12)c1ccc(Cl)c(Cl)c1. The van der Waals surface area contributed by atoms with E-state index in [0.29, 0.717) is 66.7 Å². The van der Waals surface area contributed by atoms with Crippen LogP contribution in [0.5, 0.6) is 0 Å². The third-order valence-electron chi connectivity index (χ3n) is 9.52. The molecule has 3 heterocycles. The van der Waals surface area contributed by atoms with Gasteiger partial charge in [-0.2, -0.15) is 0 Å². The molecule has 2 saturated heterocycles. The van der Waals surface area contributed by atoms with E-state index in [1.807, 2.05) is 13.1 Å². The smallest absolute Gasteiger partial charge is 0.414 e. The van der Waals surface area contributed by atoms with E-state index >= 15 is 0 Å². The van der Waals surface area contributed by atoms with Crippen LogP contribution in [-0.4, -0.2) is 81.8 Å². The summed E-state index contributed by atoms with van der Waals surface area (Å²) in [7, 11) is 3.47. The number of hydrogen-bond acceptors (Lipinski definition) is 6. The number of carbonyl (C=O) groups is 2. The molecule has 2 fully saturated rings. The number of benzene rings is 3. The number of ether oxygens (including phenoxy) is 2. The highest BCUT2D eigenvalue weighted by Gasteiger charge is 2.46. The van der Waals surface area contributed by atoms with Crippen molar-refractivity contribution < 1.29 is 23.5 Å². The Balaban J connectivity index is 1.13. The van der Waals surface area contributed by atoms with Crippen LogP contribution in [0, 0.1) is 5.82 Å². The van der Waals surface area contributed by atoms with Crippen molar-refractivity contribution in [3.63, 3.8) is 0 Å². The van der Waals surface area contributed by atoms with Gasteiger partial charge in [0.2, 0.25) is 5.91 Å². The van der Waals surface area contributed by atoms with Crippen molar-refractivity contribution in [2.75, 3.05) is 69.8 Å². The van der Waals surface area contributed by atoms with Gasteiger partial charge in [-0.1, -0.05) is 41.4 Å². The summed E-state index contributed by atoms with van der Waals surface area (Å²) < 4.78 is 25.7. The first-order valence-electron chi connectivity index (χ1n) is 15.7. The summed E-state index contributed by atoms with van der Waals surface area (Å²) in [5, 5.41) is 0.851. The van der Waals surface area contributed by atoms with Crippen LogP contribution in [0.1, 0.15) is 41.9 Å². The third-order valence-corrected chi connectivity index (χ3v) is 10.3. The molecule has 0 N–H and O–H groups in total. The van der Waals surface area contributed by atoms with E-state index in [4.69, 9.17) is 32.7 Å². The number of rotatable bonds is 8. The van der Waals surface area contributed by atoms with E-state index in [9.17, 15) is 14.0 Å². The zero-order chi connectivity index (χ0) is 32.4. The molecule has 0 aromatic heterocycles. The molecule has 6 rings (SSSR count). The van der Waals surface area contributed by atoms with Crippen LogP contribution in [0.2, 0.25) is 10.0 Å². The summed E-state index contributed by atoms with van der Waals surface area (Å²) in [6.07, 6.45) is 1.21. The van der Waals surface area contributed by atoms with Gasteiger partial charge in [0.25, 0.3) is 0 Å². The lowest BCUT2D eigenvalue weighted by Gasteiger charge is -2.46. The van der Waals surface area contributed by atoms with Gasteiger partial charge in [0.05, 0.1) is 34.9 Å². The van der Waals surface area contributed by atoms with Crippen LogP contribution in [0.4, 0.5) is 20.6 Å². The number of morpholine rings is 1. The maximum Gasteiger partial charge on any atom is 0.414 e. The second kappa shape index (κ2) is 13.8. The first kappa shape index (κ1) is 32.6. The second-order valence-corrected chi connectivity index (χ2v) is 13.2. The van der Waals surface area contributed by atoms with E-state index in [1.165, 1.54) is 17.0 Å². The highest BCUT2D eigenvalue weighted by atomic mass is 35.5. The molecule has 0 saturated carbocycles. The summed E-state index contributed by atoms with van der Waals surface area (Å²) in [5.41, 5.74) is 3.53. The van der Waals surface area contributed by atoms with Crippen molar-refractivity contribution >= 4 is 46.6 Å². The molecule has 1 atom stereocenters. The summed E-state index contributed by atoms with van der Waals surface area (Å²) in [6, 6.07) is 18.2. The fraction of sp³-hybridized carbons (Fsp3) is 0.429. The molecule has 8 nitrogen and oxygen atoms in total. The normalized spacial score (nSPS) is 18.7. The minimum Gasteiger partial charge on any atom is -0.437 e. The van der Waals surface area contributed by atoms with E-state index in [0.717, 1.165) is 43.1 Å². The minimum atomic E-state index is -0.867. The number of halogens is 3. The number of anilines is 2. The Morgan fingerprint density at radius 1 is 0.978 bits per heavy atom. The van der Waals surface area contributed by atoms with Gasteiger partial charge in [-0.3, -0.25) is 9.69 Å². The van der Waals surface area contributed by atoms with Crippen LogP contribution in [-0.2, 0) is 26.4 Å². The van der Waals surface area contributed by atoms with Crippen molar-refractivity contribution in [2.24, 2.45) is 0 Å². The maximum atomic E-state index is 14.3. The average molecular weight is 670 g/mol. The molecule has 46 heavy (non-hydrogen) atoms. The Morgan fingerprint density at radius 2 is 1.70 bits per heavy atom. The van der Waals surface area contributed by atoms with Gasteiger partial charge < -0.3 is 24.2 Å². The number of hydrogen-bond donors (Lipinski definition) is 0.